The molecule has 0 saturated heterocycles. The minimum Gasteiger partial charge on any atom is -0.402 e. The van der Waals surface area contributed by atoms with Crippen molar-refractivity contribution in [2.45, 2.75) is 19.9 Å². The number of halogens is 2. The van der Waals surface area contributed by atoms with Crippen molar-refractivity contribution in [1.82, 2.24) is 9.55 Å². The molecule has 160 valence electrons. The molecule has 0 aliphatic rings. The van der Waals surface area contributed by atoms with Gasteiger partial charge in [-0.05, 0) is 48.4 Å². The number of hydrogen-bond acceptors (Lipinski definition) is 4. The van der Waals surface area contributed by atoms with Crippen LogP contribution in [0.25, 0.3) is 32.9 Å². The lowest BCUT2D eigenvalue weighted by Gasteiger charge is -2.10. The summed E-state index contributed by atoms with van der Waals surface area (Å²) in [7, 11) is 0. The predicted molar refractivity (Wildman–Crippen MR) is 117 cm³/mol. The monoisotopic (exact) mass is 433 g/mol. The van der Waals surface area contributed by atoms with Gasteiger partial charge in [0.15, 0.2) is 11.6 Å². The van der Waals surface area contributed by atoms with E-state index in [1.54, 1.807) is 16.7 Å². The van der Waals surface area contributed by atoms with Crippen LogP contribution in [-0.2, 0) is 13.0 Å². The fraction of sp³-hybridized carbons (Fsp3) is 0.125. The van der Waals surface area contributed by atoms with Gasteiger partial charge in [0.1, 0.15) is 5.52 Å². The second-order valence-corrected chi connectivity index (χ2v) is 7.56. The van der Waals surface area contributed by atoms with Gasteiger partial charge in [0.2, 0.25) is 11.6 Å². The van der Waals surface area contributed by atoms with Gasteiger partial charge < -0.3 is 14.7 Å². The van der Waals surface area contributed by atoms with Crippen LogP contribution in [0.1, 0.15) is 28.4 Å². The van der Waals surface area contributed by atoms with Crippen LogP contribution < -0.4 is 11.4 Å². The molecule has 0 spiro atoms. The first-order valence-corrected chi connectivity index (χ1v) is 9.99. The number of benzene rings is 2. The molecule has 3 heterocycles. The summed E-state index contributed by atoms with van der Waals surface area (Å²) in [6.45, 7) is 1.81. The fourth-order valence-corrected chi connectivity index (χ4v) is 4.14. The lowest BCUT2D eigenvalue weighted by molar-refractivity contribution is 0.0999. The molecule has 8 heteroatoms. The predicted octanol–water partition coefficient (Wildman–Crippen LogP) is 4.28. The van der Waals surface area contributed by atoms with Gasteiger partial charge in [-0.3, -0.25) is 4.79 Å². The van der Waals surface area contributed by atoms with Gasteiger partial charge in [0, 0.05) is 39.0 Å². The second kappa shape index (κ2) is 7.26. The molecule has 5 aromatic rings. The number of hydrogen-bond donors (Lipinski definition) is 1. The number of nitrogens with zero attached hydrogens (tertiary/aromatic N) is 2. The summed E-state index contributed by atoms with van der Waals surface area (Å²) < 4.78 is 35.8. The van der Waals surface area contributed by atoms with Crippen molar-refractivity contribution in [3.05, 3.63) is 87.4 Å². The van der Waals surface area contributed by atoms with Crippen molar-refractivity contribution in [2.24, 2.45) is 5.73 Å². The van der Waals surface area contributed by atoms with Crippen LogP contribution in [0.5, 0.6) is 0 Å². The maximum Gasteiger partial charge on any atom is 0.362 e. The highest BCUT2D eigenvalue weighted by Gasteiger charge is 2.21. The minimum absolute atomic E-state index is 0.108. The first kappa shape index (κ1) is 19.9. The number of pyridine rings is 1. The molecule has 0 radical (unpaired) electrons. The third-order valence-electron chi connectivity index (χ3n) is 5.68. The Balaban J connectivity index is 1.89. The molecule has 0 saturated carbocycles. The Morgan fingerprint density at radius 2 is 1.97 bits per heavy atom. The number of carbonyl (C=O) groups is 1. The van der Waals surface area contributed by atoms with E-state index in [0.29, 0.717) is 16.3 Å². The van der Waals surface area contributed by atoms with Crippen LogP contribution in [0.3, 0.4) is 0 Å². The third kappa shape index (κ3) is 2.95. The molecule has 1 amide bonds. The van der Waals surface area contributed by atoms with Crippen LogP contribution in [0.15, 0.2) is 57.9 Å². The van der Waals surface area contributed by atoms with Crippen molar-refractivity contribution in [3.63, 3.8) is 0 Å². The van der Waals surface area contributed by atoms with Gasteiger partial charge in [-0.1, -0.05) is 13.0 Å². The van der Waals surface area contributed by atoms with Crippen LogP contribution >= 0.6 is 0 Å². The summed E-state index contributed by atoms with van der Waals surface area (Å²) in [5, 5.41) is 2.04. The number of aromatic nitrogens is 2. The Bertz CT molecular complexity index is 1620. The quantitative estimate of drug-likeness (QED) is 0.458. The van der Waals surface area contributed by atoms with Crippen molar-refractivity contribution >= 4 is 38.8 Å². The molecule has 5 rings (SSSR count). The Morgan fingerprint density at radius 1 is 1.16 bits per heavy atom. The summed E-state index contributed by atoms with van der Waals surface area (Å²) in [4.78, 5) is 28.7. The summed E-state index contributed by atoms with van der Waals surface area (Å²) in [5.41, 5.74) is 6.45. The van der Waals surface area contributed by atoms with Crippen LogP contribution in [-0.4, -0.2) is 15.5 Å². The maximum atomic E-state index is 14.7. The van der Waals surface area contributed by atoms with E-state index in [-0.39, 0.29) is 28.9 Å². The van der Waals surface area contributed by atoms with E-state index in [4.69, 9.17) is 10.2 Å². The van der Waals surface area contributed by atoms with Crippen molar-refractivity contribution in [3.8, 4) is 0 Å². The lowest BCUT2D eigenvalue weighted by atomic mass is 10.1. The van der Waals surface area contributed by atoms with E-state index in [2.05, 4.69) is 4.98 Å². The lowest BCUT2D eigenvalue weighted by Crippen LogP contribution is -2.14. The summed E-state index contributed by atoms with van der Waals surface area (Å²) in [6.07, 6.45) is 2.31. The van der Waals surface area contributed by atoms with Gasteiger partial charge in [-0.15, -0.1) is 0 Å². The van der Waals surface area contributed by atoms with E-state index in [1.165, 1.54) is 12.3 Å². The molecule has 2 aromatic carbocycles. The number of nitrogens with two attached hydrogens (primary N) is 1. The molecule has 0 fully saturated rings. The average molecular weight is 433 g/mol. The van der Waals surface area contributed by atoms with Crippen molar-refractivity contribution in [2.75, 3.05) is 0 Å². The Kier molecular flexibility index (Phi) is 4.51. The van der Waals surface area contributed by atoms with Crippen LogP contribution in [0.2, 0.25) is 0 Å². The number of carbonyl (C=O) groups excluding carboxylic acids is 1. The van der Waals surface area contributed by atoms with E-state index in [1.807, 2.05) is 25.1 Å². The molecule has 0 bridgehead atoms. The molecule has 6 nitrogen and oxygen atoms in total. The maximum absolute atomic E-state index is 14.7. The number of rotatable bonds is 4. The molecular weight excluding hydrogens is 416 g/mol. The molecule has 2 N–H and O–H groups in total. The van der Waals surface area contributed by atoms with Gasteiger partial charge in [-0.25, -0.2) is 18.6 Å². The first-order valence-electron chi connectivity index (χ1n) is 9.99. The third-order valence-corrected chi connectivity index (χ3v) is 5.68. The number of amides is 1. The van der Waals surface area contributed by atoms with Crippen LogP contribution in [0.4, 0.5) is 8.78 Å². The van der Waals surface area contributed by atoms with E-state index in [9.17, 15) is 18.4 Å². The van der Waals surface area contributed by atoms with Gasteiger partial charge in [-0.2, -0.15) is 0 Å². The number of aryl methyl sites for hydroxylation is 1. The summed E-state index contributed by atoms with van der Waals surface area (Å²) >= 11 is 0. The largest absolute Gasteiger partial charge is 0.402 e. The zero-order valence-electron chi connectivity index (χ0n) is 17.0. The highest BCUT2D eigenvalue weighted by atomic mass is 19.2. The van der Waals surface area contributed by atoms with E-state index >= 15 is 0 Å². The van der Waals surface area contributed by atoms with Gasteiger partial charge in [0.25, 0.3) is 0 Å². The average Bonchev–Trinajstić information content (AvgIpc) is 3.11. The topological polar surface area (TPSA) is 91.1 Å². The van der Waals surface area contributed by atoms with Gasteiger partial charge in [0.05, 0.1) is 6.54 Å². The summed E-state index contributed by atoms with van der Waals surface area (Å²) in [6, 6.07) is 11.2. The zero-order chi connectivity index (χ0) is 22.6. The van der Waals surface area contributed by atoms with E-state index in [0.717, 1.165) is 23.4 Å². The molecule has 0 aliphatic heterocycles. The van der Waals surface area contributed by atoms with Gasteiger partial charge >= 0.3 is 5.63 Å². The molecular formula is C24H17F2N3O3. The van der Waals surface area contributed by atoms with Crippen molar-refractivity contribution < 1.29 is 18.0 Å². The highest BCUT2D eigenvalue weighted by molar-refractivity contribution is 6.18. The Hall–Kier alpha value is -4.07. The normalized spacial score (nSPS) is 11.6. The summed E-state index contributed by atoms with van der Waals surface area (Å²) in [5.74, 6) is -3.18. The number of fused-ring (bicyclic) bond motifs is 5. The highest BCUT2D eigenvalue weighted by Crippen LogP contribution is 2.34. The SMILES string of the molecule is CCc1ccc2c(c1)c1c3cccnc3oc(=O)c1n2Cc1cc(C(N)=O)cc(F)c1F. The fourth-order valence-electron chi connectivity index (χ4n) is 4.14. The molecule has 0 unspecified atom stereocenters. The first-order chi connectivity index (χ1) is 15.4. The standard InChI is InChI=1S/C24H17F2N3O3/c1-2-12-5-6-18-16(8-12)19-15-4-3-7-28-23(15)32-24(31)21(19)29(18)11-14-9-13(22(27)30)10-17(25)20(14)26/h3-10H,2,11H2,1H3,(H2,27,30). The second-order valence-electron chi connectivity index (χ2n) is 7.56. The molecule has 32 heavy (non-hydrogen) atoms. The Morgan fingerprint density at radius 3 is 2.72 bits per heavy atom. The number of primary amides is 1. The minimum atomic E-state index is -1.19. The molecule has 3 aromatic heterocycles. The van der Waals surface area contributed by atoms with Crippen LogP contribution in [0, 0.1) is 11.6 Å². The molecule has 0 atom stereocenters. The van der Waals surface area contributed by atoms with E-state index < -0.39 is 23.2 Å². The molecule has 0 aliphatic carbocycles. The smallest absolute Gasteiger partial charge is 0.362 e. The Labute approximate surface area is 179 Å². The zero-order valence-corrected chi connectivity index (χ0v) is 17.0. The van der Waals surface area contributed by atoms with Crippen molar-refractivity contribution in [1.29, 1.82) is 0 Å².